The van der Waals surface area contributed by atoms with Gasteiger partial charge in [-0.15, -0.1) is 0 Å². The Morgan fingerprint density at radius 1 is 0.400 bits per heavy atom. The van der Waals surface area contributed by atoms with Crippen LogP contribution in [-0.2, 0) is 0 Å². The van der Waals surface area contributed by atoms with Crippen LogP contribution in [0.2, 0.25) is 0 Å². The van der Waals surface area contributed by atoms with Gasteiger partial charge in [0.25, 0.3) is 0 Å². The van der Waals surface area contributed by atoms with Crippen LogP contribution in [0.1, 0.15) is 33.4 Å². The van der Waals surface area contributed by atoms with Gasteiger partial charge in [0.1, 0.15) is 0 Å². The van der Waals surface area contributed by atoms with E-state index in [4.69, 9.17) is 0 Å². The van der Waals surface area contributed by atoms with E-state index >= 15 is 0 Å². The third kappa shape index (κ3) is 1.75. The zero-order chi connectivity index (χ0) is 14.6. The van der Waals surface area contributed by atoms with E-state index in [2.05, 4.69) is 65.8 Å². The van der Waals surface area contributed by atoms with Crippen LogP contribution in [0.25, 0.3) is 21.5 Å². The minimum atomic E-state index is 1.38. The van der Waals surface area contributed by atoms with Gasteiger partial charge in [-0.05, 0) is 96.5 Å². The van der Waals surface area contributed by atoms with Gasteiger partial charge in [0, 0.05) is 0 Å². The highest BCUT2D eigenvalue weighted by atomic mass is 14.1. The van der Waals surface area contributed by atoms with Gasteiger partial charge in [-0.25, -0.2) is 0 Å². The van der Waals surface area contributed by atoms with Crippen molar-refractivity contribution in [2.45, 2.75) is 41.5 Å². The van der Waals surface area contributed by atoms with E-state index in [1.54, 1.807) is 0 Å². The van der Waals surface area contributed by atoms with Crippen LogP contribution < -0.4 is 0 Å². The fraction of sp³-hybridized carbons (Fsp3) is 0.300. The molecule has 0 fully saturated rings. The van der Waals surface area contributed by atoms with Gasteiger partial charge in [-0.2, -0.15) is 0 Å². The minimum Gasteiger partial charge on any atom is -0.0509 e. The lowest BCUT2D eigenvalue weighted by Crippen LogP contribution is -1.93. The first-order valence-electron chi connectivity index (χ1n) is 7.31. The van der Waals surface area contributed by atoms with E-state index in [0.717, 1.165) is 0 Å². The van der Waals surface area contributed by atoms with Crippen molar-refractivity contribution >= 4 is 21.5 Å². The third-order valence-corrected chi connectivity index (χ3v) is 4.88. The predicted molar refractivity (Wildman–Crippen MR) is 89.9 cm³/mol. The number of rotatable bonds is 0. The number of hydrogen-bond acceptors (Lipinski definition) is 0. The van der Waals surface area contributed by atoms with Gasteiger partial charge in [0.15, 0.2) is 0 Å². The highest BCUT2D eigenvalue weighted by Gasteiger charge is 2.11. The fourth-order valence-electron chi connectivity index (χ4n) is 3.16. The van der Waals surface area contributed by atoms with Crippen molar-refractivity contribution in [1.82, 2.24) is 0 Å². The number of fused-ring (bicyclic) bond motifs is 2. The van der Waals surface area contributed by atoms with E-state index in [0.29, 0.717) is 0 Å². The van der Waals surface area contributed by atoms with Crippen molar-refractivity contribution in [2.24, 2.45) is 0 Å². The van der Waals surface area contributed by atoms with Crippen molar-refractivity contribution in [1.29, 1.82) is 0 Å². The molecule has 3 aromatic carbocycles. The average Bonchev–Trinajstić information content (AvgIpc) is 2.41. The quantitative estimate of drug-likeness (QED) is 0.446. The standard InChI is InChI=1S/C20H22/c1-11-7-17-15(5)19-9-13(3)14(4)10-20(19)16(6)18(17)8-12(11)2/h7-10H,1-6H3. The van der Waals surface area contributed by atoms with E-state index in [9.17, 15) is 0 Å². The molecule has 0 atom stereocenters. The number of hydrogen-bond donors (Lipinski definition) is 0. The Kier molecular flexibility index (Phi) is 2.86. The van der Waals surface area contributed by atoms with Crippen LogP contribution in [-0.4, -0.2) is 0 Å². The van der Waals surface area contributed by atoms with E-state index in [1.165, 1.54) is 54.9 Å². The smallest absolute Gasteiger partial charge is 0.0143 e. The first-order valence-corrected chi connectivity index (χ1v) is 7.31. The monoisotopic (exact) mass is 262 g/mol. The molecule has 20 heavy (non-hydrogen) atoms. The Morgan fingerprint density at radius 2 is 0.600 bits per heavy atom. The minimum absolute atomic E-state index is 1.38. The zero-order valence-corrected chi connectivity index (χ0v) is 13.3. The molecule has 0 nitrogen and oxygen atoms in total. The lowest BCUT2D eigenvalue weighted by Gasteiger charge is -2.15. The number of benzene rings is 3. The second-order valence-electron chi connectivity index (χ2n) is 6.21. The summed E-state index contributed by atoms with van der Waals surface area (Å²) in [7, 11) is 0. The number of aryl methyl sites for hydroxylation is 6. The Labute approximate surface area is 121 Å². The maximum Gasteiger partial charge on any atom is -0.0143 e. The molecule has 0 saturated heterocycles. The van der Waals surface area contributed by atoms with Gasteiger partial charge >= 0.3 is 0 Å². The average molecular weight is 262 g/mol. The largest absolute Gasteiger partial charge is 0.0509 e. The Balaban J connectivity index is 2.60. The molecule has 3 rings (SSSR count). The van der Waals surface area contributed by atoms with Crippen LogP contribution >= 0.6 is 0 Å². The molecule has 0 N–H and O–H groups in total. The molecule has 0 heterocycles. The molecule has 0 radical (unpaired) electrons. The molecule has 0 saturated carbocycles. The summed E-state index contributed by atoms with van der Waals surface area (Å²) in [6, 6.07) is 9.40. The zero-order valence-electron chi connectivity index (χ0n) is 13.3. The predicted octanol–water partition coefficient (Wildman–Crippen LogP) is 5.84. The van der Waals surface area contributed by atoms with Crippen LogP contribution in [0.5, 0.6) is 0 Å². The Morgan fingerprint density at radius 3 is 0.800 bits per heavy atom. The van der Waals surface area contributed by atoms with Gasteiger partial charge < -0.3 is 0 Å². The second kappa shape index (κ2) is 4.34. The lowest BCUT2D eigenvalue weighted by molar-refractivity contribution is 1.34. The summed E-state index contributed by atoms with van der Waals surface area (Å²) < 4.78 is 0. The summed E-state index contributed by atoms with van der Waals surface area (Å²) in [5.41, 5.74) is 8.33. The lowest BCUT2D eigenvalue weighted by atomic mass is 9.89. The first kappa shape index (κ1) is 13.2. The van der Waals surface area contributed by atoms with E-state index in [-0.39, 0.29) is 0 Å². The summed E-state index contributed by atoms with van der Waals surface area (Å²) in [5.74, 6) is 0. The first-order chi connectivity index (χ1) is 9.40. The van der Waals surface area contributed by atoms with Gasteiger partial charge in [-0.1, -0.05) is 24.3 Å². The summed E-state index contributed by atoms with van der Waals surface area (Å²) in [6.45, 7) is 13.3. The van der Waals surface area contributed by atoms with Crippen molar-refractivity contribution in [2.75, 3.05) is 0 Å². The van der Waals surface area contributed by atoms with Crippen LogP contribution in [0.3, 0.4) is 0 Å². The van der Waals surface area contributed by atoms with Crippen LogP contribution in [0.4, 0.5) is 0 Å². The molecule has 102 valence electrons. The molecule has 0 bridgehead atoms. The molecule has 0 aliphatic heterocycles. The second-order valence-corrected chi connectivity index (χ2v) is 6.21. The molecule has 0 heteroatoms. The van der Waals surface area contributed by atoms with E-state index < -0.39 is 0 Å². The molecule has 0 aliphatic carbocycles. The third-order valence-electron chi connectivity index (χ3n) is 4.88. The van der Waals surface area contributed by atoms with Gasteiger partial charge in [-0.3, -0.25) is 0 Å². The van der Waals surface area contributed by atoms with Crippen molar-refractivity contribution < 1.29 is 0 Å². The van der Waals surface area contributed by atoms with Crippen LogP contribution in [0.15, 0.2) is 24.3 Å². The molecular formula is C20H22. The molecule has 0 aliphatic rings. The van der Waals surface area contributed by atoms with Gasteiger partial charge in [0.2, 0.25) is 0 Å². The molecule has 0 unspecified atom stereocenters. The summed E-state index contributed by atoms with van der Waals surface area (Å²) in [5, 5.41) is 5.62. The molecule has 0 amide bonds. The van der Waals surface area contributed by atoms with Gasteiger partial charge in [0.05, 0.1) is 0 Å². The van der Waals surface area contributed by atoms with Crippen LogP contribution in [0, 0.1) is 41.5 Å². The summed E-state index contributed by atoms with van der Waals surface area (Å²) in [6.07, 6.45) is 0. The Bertz CT molecular complexity index is 710. The maximum atomic E-state index is 2.35. The SMILES string of the molecule is Cc1cc2c(C)c3cc(C)c(C)cc3c(C)c2cc1C. The fourth-order valence-corrected chi connectivity index (χ4v) is 3.16. The topological polar surface area (TPSA) is 0 Å². The van der Waals surface area contributed by atoms with E-state index in [1.807, 2.05) is 0 Å². The van der Waals surface area contributed by atoms with Crippen molar-refractivity contribution in [3.63, 3.8) is 0 Å². The Hall–Kier alpha value is -1.82. The molecule has 0 aromatic heterocycles. The summed E-state index contributed by atoms with van der Waals surface area (Å²) >= 11 is 0. The summed E-state index contributed by atoms with van der Waals surface area (Å²) in [4.78, 5) is 0. The highest BCUT2D eigenvalue weighted by Crippen LogP contribution is 2.34. The normalized spacial score (nSPS) is 11.5. The van der Waals surface area contributed by atoms with Crippen molar-refractivity contribution in [3.05, 3.63) is 57.6 Å². The molecular weight excluding hydrogens is 240 g/mol. The van der Waals surface area contributed by atoms with Crippen molar-refractivity contribution in [3.8, 4) is 0 Å². The molecule has 0 spiro atoms. The maximum absolute atomic E-state index is 2.35. The highest BCUT2D eigenvalue weighted by molar-refractivity contribution is 6.06. The molecule has 3 aromatic rings.